The second-order valence-corrected chi connectivity index (χ2v) is 7.48. The first-order chi connectivity index (χ1) is 12.8. The smallest absolute Gasteiger partial charge is 0.319 e. The molecule has 0 aromatic heterocycles. The van der Waals surface area contributed by atoms with E-state index in [2.05, 4.69) is 5.32 Å². The number of nitrogens with zero attached hydrogens (tertiary/aromatic N) is 1. The normalized spacial score (nSPS) is 11.5. The first-order valence-electron chi connectivity index (χ1n) is 7.90. The molecule has 0 aliphatic carbocycles. The van der Waals surface area contributed by atoms with Gasteiger partial charge in [-0.15, -0.1) is 11.8 Å². The number of carbonyl (C=O) groups excluding carboxylic acids is 2. The second kappa shape index (κ2) is 9.38. The van der Waals surface area contributed by atoms with E-state index in [1.807, 2.05) is 6.92 Å². The van der Waals surface area contributed by atoms with E-state index in [0.29, 0.717) is 15.6 Å². The molecular formula is C18H17ClN2O5S. The van der Waals surface area contributed by atoms with Crippen LogP contribution in [0.25, 0.3) is 0 Å². The highest BCUT2D eigenvalue weighted by Gasteiger charge is 2.18. The van der Waals surface area contributed by atoms with E-state index in [0.717, 1.165) is 5.56 Å². The fourth-order valence-electron chi connectivity index (χ4n) is 2.07. The molecule has 1 atom stereocenters. The van der Waals surface area contributed by atoms with Crippen LogP contribution in [0.2, 0.25) is 5.02 Å². The van der Waals surface area contributed by atoms with Crippen LogP contribution < -0.4 is 5.32 Å². The van der Waals surface area contributed by atoms with Gasteiger partial charge in [0, 0.05) is 27.7 Å². The molecule has 0 aliphatic rings. The van der Waals surface area contributed by atoms with E-state index in [4.69, 9.17) is 16.3 Å². The van der Waals surface area contributed by atoms with E-state index in [-0.39, 0.29) is 5.69 Å². The number of esters is 1. The lowest BCUT2D eigenvalue weighted by Crippen LogP contribution is -2.25. The van der Waals surface area contributed by atoms with Crippen LogP contribution in [-0.2, 0) is 14.3 Å². The number of nitro benzene ring substituents is 1. The van der Waals surface area contributed by atoms with Gasteiger partial charge in [-0.25, -0.2) is 0 Å². The summed E-state index contributed by atoms with van der Waals surface area (Å²) in [6, 6.07) is 10.9. The Morgan fingerprint density at radius 3 is 2.56 bits per heavy atom. The van der Waals surface area contributed by atoms with E-state index in [1.54, 1.807) is 37.3 Å². The number of halogens is 1. The number of benzene rings is 2. The zero-order valence-corrected chi connectivity index (χ0v) is 16.2. The zero-order chi connectivity index (χ0) is 20.0. The molecule has 0 aliphatic heterocycles. The number of rotatable bonds is 7. The second-order valence-electron chi connectivity index (χ2n) is 5.63. The molecule has 142 valence electrons. The Kier molecular flexibility index (Phi) is 7.20. The first kappa shape index (κ1) is 20.7. The van der Waals surface area contributed by atoms with Gasteiger partial charge < -0.3 is 10.1 Å². The molecule has 0 saturated heterocycles. The summed E-state index contributed by atoms with van der Waals surface area (Å²) in [7, 11) is 0. The highest BCUT2D eigenvalue weighted by Crippen LogP contribution is 2.26. The van der Waals surface area contributed by atoms with Crippen molar-refractivity contribution >= 4 is 46.6 Å². The number of thioether (sulfide) groups is 1. The fourth-order valence-corrected chi connectivity index (χ4v) is 3.11. The minimum absolute atomic E-state index is 0.0254. The molecule has 0 fully saturated rings. The van der Waals surface area contributed by atoms with Crippen molar-refractivity contribution in [2.45, 2.75) is 24.0 Å². The third-order valence-corrected chi connectivity index (χ3v) is 4.84. The van der Waals surface area contributed by atoms with Crippen LogP contribution in [-0.4, -0.2) is 28.7 Å². The molecule has 7 nitrogen and oxygen atoms in total. The molecule has 0 radical (unpaired) electrons. The number of nitrogens with one attached hydrogen (secondary N) is 1. The van der Waals surface area contributed by atoms with Gasteiger partial charge in [-0.3, -0.25) is 19.7 Å². The zero-order valence-electron chi connectivity index (χ0n) is 14.6. The summed E-state index contributed by atoms with van der Waals surface area (Å²) in [5.41, 5.74) is 1.36. The highest BCUT2D eigenvalue weighted by molar-refractivity contribution is 8.00. The van der Waals surface area contributed by atoms with Gasteiger partial charge in [0.1, 0.15) is 5.25 Å². The average Bonchev–Trinajstić information content (AvgIpc) is 2.63. The maximum absolute atomic E-state index is 12.0. The third-order valence-electron chi connectivity index (χ3n) is 3.51. The predicted molar refractivity (Wildman–Crippen MR) is 104 cm³/mol. The van der Waals surface area contributed by atoms with Crippen molar-refractivity contribution in [1.82, 2.24) is 0 Å². The Labute approximate surface area is 165 Å². The molecule has 2 aromatic rings. The van der Waals surface area contributed by atoms with Gasteiger partial charge in [0.2, 0.25) is 0 Å². The van der Waals surface area contributed by atoms with Gasteiger partial charge in [0.25, 0.3) is 11.6 Å². The Morgan fingerprint density at radius 1 is 1.26 bits per heavy atom. The molecule has 1 N–H and O–H groups in total. The molecule has 0 spiro atoms. The van der Waals surface area contributed by atoms with Crippen LogP contribution in [0, 0.1) is 17.0 Å². The molecule has 2 aromatic carbocycles. The molecule has 9 heteroatoms. The summed E-state index contributed by atoms with van der Waals surface area (Å²) < 4.78 is 5.03. The van der Waals surface area contributed by atoms with Crippen LogP contribution in [0.1, 0.15) is 12.5 Å². The lowest BCUT2D eigenvalue weighted by atomic mass is 10.2. The lowest BCUT2D eigenvalue weighted by molar-refractivity contribution is -0.384. The summed E-state index contributed by atoms with van der Waals surface area (Å²) in [6.45, 7) is 3.03. The van der Waals surface area contributed by atoms with Crippen molar-refractivity contribution < 1.29 is 19.2 Å². The number of amides is 1. The van der Waals surface area contributed by atoms with Gasteiger partial charge in [-0.1, -0.05) is 17.7 Å². The minimum atomic E-state index is -0.577. The van der Waals surface area contributed by atoms with E-state index in [1.165, 1.54) is 23.9 Å². The molecule has 0 saturated carbocycles. The fraction of sp³-hybridized carbons (Fsp3) is 0.222. The first-order valence-corrected chi connectivity index (χ1v) is 9.16. The van der Waals surface area contributed by atoms with Crippen LogP contribution in [0.15, 0.2) is 47.4 Å². The number of hydrogen-bond acceptors (Lipinski definition) is 6. The van der Waals surface area contributed by atoms with Gasteiger partial charge in [-0.05, 0) is 43.7 Å². The standard InChI is InChI=1S/C18H17ClN2O5S/c1-11-3-4-13(19)9-16(11)20-17(22)10-26-18(23)12(2)27-15-7-5-14(6-8-15)21(24)25/h3-9,12H,10H2,1-2H3,(H,20,22)/t12-/m0/s1. The van der Waals surface area contributed by atoms with Gasteiger partial charge in [0.05, 0.1) is 4.92 Å². The number of anilines is 1. The van der Waals surface area contributed by atoms with Gasteiger partial charge in [-0.2, -0.15) is 0 Å². The Balaban J connectivity index is 1.84. The molecule has 2 rings (SSSR count). The van der Waals surface area contributed by atoms with E-state index < -0.39 is 28.7 Å². The summed E-state index contributed by atoms with van der Waals surface area (Å²) in [6.07, 6.45) is 0. The maximum atomic E-state index is 12.0. The van der Waals surface area contributed by atoms with Crippen molar-refractivity contribution in [2.75, 3.05) is 11.9 Å². The van der Waals surface area contributed by atoms with Crippen molar-refractivity contribution in [3.05, 3.63) is 63.2 Å². The number of ether oxygens (including phenoxy) is 1. The molecule has 0 bridgehead atoms. The summed E-state index contributed by atoms with van der Waals surface area (Å²) in [4.78, 5) is 34.8. The monoisotopic (exact) mass is 408 g/mol. The Hall–Kier alpha value is -2.58. The van der Waals surface area contributed by atoms with Crippen molar-refractivity contribution in [2.24, 2.45) is 0 Å². The van der Waals surface area contributed by atoms with Crippen molar-refractivity contribution in [3.63, 3.8) is 0 Å². The SMILES string of the molecule is Cc1ccc(Cl)cc1NC(=O)COC(=O)[C@H](C)Sc1ccc([N+](=O)[O-])cc1. The number of nitro groups is 1. The average molecular weight is 409 g/mol. The minimum Gasteiger partial charge on any atom is -0.455 e. The Morgan fingerprint density at radius 2 is 1.93 bits per heavy atom. The van der Waals surface area contributed by atoms with Crippen molar-refractivity contribution in [3.8, 4) is 0 Å². The third kappa shape index (κ3) is 6.26. The number of aryl methyl sites for hydroxylation is 1. The van der Waals surface area contributed by atoms with Crippen LogP contribution >= 0.6 is 23.4 Å². The lowest BCUT2D eigenvalue weighted by Gasteiger charge is -2.12. The maximum Gasteiger partial charge on any atom is 0.319 e. The topological polar surface area (TPSA) is 98.5 Å². The predicted octanol–water partition coefficient (Wildman–Crippen LogP) is 4.22. The van der Waals surface area contributed by atoms with Crippen LogP contribution in [0.5, 0.6) is 0 Å². The molecular weight excluding hydrogens is 392 g/mol. The van der Waals surface area contributed by atoms with Gasteiger partial charge >= 0.3 is 5.97 Å². The Bertz CT molecular complexity index is 857. The summed E-state index contributed by atoms with van der Waals surface area (Å²) in [5.74, 6) is -1.03. The largest absolute Gasteiger partial charge is 0.455 e. The van der Waals surface area contributed by atoms with E-state index >= 15 is 0 Å². The summed E-state index contributed by atoms with van der Waals surface area (Å²) in [5, 5.41) is 13.2. The quantitative estimate of drug-likeness (QED) is 0.319. The van der Waals surface area contributed by atoms with Crippen LogP contribution in [0.4, 0.5) is 11.4 Å². The molecule has 0 unspecified atom stereocenters. The molecule has 1 amide bonds. The highest BCUT2D eigenvalue weighted by atomic mass is 35.5. The number of hydrogen-bond donors (Lipinski definition) is 1. The van der Waals surface area contributed by atoms with Crippen LogP contribution in [0.3, 0.4) is 0 Å². The van der Waals surface area contributed by atoms with Gasteiger partial charge in [0.15, 0.2) is 6.61 Å². The molecule has 0 heterocycles. The summed E-state index contributed by atoms with van der Waals surface area (Å²) >= 11 is 7.08. The molecule has 27 heavy (non-hydrogen) atoms. The number of non-ortho nitro benzene ring substituents is 1. The van der Waals surface area contributed by atoms with E-state index in [9.17, 15) is 19.7 Å². The number of carbonyl (C=O) groups is 2. The van der Waals surface area contributed by atoms with Crippen molar-refractivity contribution in [1.29, 1.82) is 0 Å².